The summed E-state index contributed by atoms with van der Waals surface area (Å²) in [5, 5.41) is 2.76. The quantitative estimate of drug-likeness (QED) is 0.628. The molecule has 0 aliphatic heterocycles. The third-order valence-corrected chi connectivity index (χ3v) is 3.22. The number of amides is 1. The number of hydrogen-bond donors (Lipinski definition) is 1. The van der Waals surface area contributed by atoms with Crippen LogP contribution in [0.15, 0.2) is 0 Å². The Hall–Kier alpha value is -1.82. The Morgan fingerprint density at radius 3 is 2.50 bits per heavy atom. The Kier molecular flexibility index (Phi) is 5.76. The van der Waals surface area contributed by atoms with Gasteiger partial charge < -0.3 is 19.4 Å². The number of hydrogen-bond acceptors (Lipinski definition) is 4. The molecule has 0 saturated heterocycles. The molecule has 0 fully saturated rings. The van der Waals surface area contributed by atoms with E-state index in [1.807, 2.05) is 0 Å². The van der Waals surface area contributed by atoms with Gasteiger partial charge in [0.1, 0.15) is 5.69 Å². The molecule has 1 aromatic rings. The summed E-state index contributed by atoms with van der Waals surface area (Å²) in [7, 11) is 3.32. The first-order valence-corrected chi connectivity index (χ1v) is 6.55. The van der Waals surface area contributed by atoms with E-state index in [2.05, 4.69) is 5.32 Å². The van der Waals surface area contributed by atoms with Crippen molar-refractivity contribution in [1.29, 1.82) is 0 Å². The van der Waals surface area contributed by atoms with Crippen molar-refractivity contribution in [2.24, 2.45) is 7.05 Å². The average molecular weight is 282 g/mol. The lowest BCUT2D eigenvalue weighted by atomic mass is 10.1. The van der Waals surface area contributed by atoms with Crippen molar-refractivity contribution in [3.8, 4) is 0 Å². The number of carbonyl (C=O) groups excluding carboxylic acids is 2. The molecule has 0 spiro atoms. The number of nitrogens with zero attached hydrogens (tertiary/aromatic N) is 1. The van der Waals surface area contributed by atoms with Gasteiger partial charge in [-0.1, -0.05) is 0 Å². The number of nitrogens with one attached hydrogen (secondary N) is 1. The van der Waals surface area contributed by atoms with Crippen molar-refractivity contribution in [1.82, 2.24) is 9.88 Å². The second-order valence-electron chi connectivity index (χ2n) is 4.46. The van der Waals surface area contributed by atoms with Gasteiger partial charge in [0.25, 0.3) is 5.91 Å². The molecule has 0 radical (unpaired) electrons. The van der Waals surface area contributed by atoms with E-state index in [0.29, 0.717) is 36.6 Å². The van der Waals surface area contributed by atoms with Crippen LogP contribution in [0.2, 0.25) is 0 Å². The lowest BCUT2D eigenvalue weighted by molar-refractivity contribution is 0.0514. The molecule has 0 bridgehead atoms. The lowest BCUT2D eigenvalue weighted by Gasteiger charge is -2.05. The Morgan fingerprint density at radius 2 is 1.95 bits per heavy atom. The Bertz CT molecular complexity index is 506. The van der Waals surface area contributed by atoms with Crippen LogP contribution in [0.1, 0.15) is 39.0 Å². The molecule has 6 heteroatoms. The second-order valence-corrected chi connectivity index (χ2v) is 4.46. The summed E-state index contributed by atoms with van der Waals surface area (Å²) in [6.45, 7) is 6.49. The molecule has 1 N–H and O–H groups in total. The zero-order valence-corrected chi connectivity index (χ0v) is 12.7. The van der Waals surface area contributed by atoms with Gasteiger partial charge in [0, 0.05) is 26.4 Å². The van der Waals surface area contributed by atoms with Crippen molar-refractivity contribution in [3.05, 3.63) is 22.5 Å². The van der Waals surface area contributed by atoms with Crippen molar-refractivity contribution < 1.29 is 19.1 Å². The molecule has 0 aromatic carbocycles. The normalized spacial score (nSPS) is 10.4. The highest BCUT2D eigenvalue weighted by Gasteiger charge is 2.25. The topological polar surface area (TPSA) is 69.6 Å². The van der Waals surface area contributed by atoms with E-state index < -0.39 is 5.97 Å². The minimum Gasteiger partial charge on any atom is -0.461 e. The van der Waals surface area contributed by atoms with Crippen molar-refractivity contribution in [2.45, 2.75) is 20.8 Å². The first-order chi connectivity index (χ1) is 9.45. The summed E-state index contributed by atoms with van der Waals surface area (Å²) < 4.78 is 11.6. The maximum Gasteiger partial charge on any atom is 0.355 e. The average Bonchev–Trinajstić information content (AvgIpc) is 2.61. The summed E-state index contributed by atoms with van der Waals surface area (Å²) in [5.74, 6) is -0.616. The highest BCUT2D eigenvalue weighted by Crippen LogP contribution is 2.21. The van der Waals surface area contributed by atoms with Gasteiger partial charge in [-0.3, -0.25) is 4.79 Å². The summed E-state index contributed by atoms with van der Waals surface area (Å²) in [6, 6.07) is 0. The smallest absolute Gasteiger partial charge is 0.355 e. The van der Waals surface area contributed by atoms with E-state index >= 15 is 0 Å². The maximum atomic E-state index is 12.2. The lowest BCUT2D eigenvalue weighted by Crippen LogP contribution is -2.27. The third-order valence-electron chi connectivity index (χ3n) is 3.22. The van der Waals surface area contributed by atoms with Gasteiger partial charge in [-0.05, 0) is 26.3 Å². The molecule has 6 nitrogen and oxygen atoms in total. The van der Waals surface area contributed by atoms with Crippen LogP contribution in [0, 0.1) is 13.8 Å². The highest BCUT2D eigenvalue weighted by atomic mass is 16.5. The van der Waals surface area contributed by atoms with Gasteiger partial charge in [-0.25, -0.2) is 4.79 Å². The van der Waals surface area contributed by atoms with E-state index in [4.69, 9.17) is 9.47 Å². The molecule has 1 aromatic heterocycles. The molecule has 0 aliphatic carbocycles. The van der Waals surface area contributed by atoms with Crippen LogP contribution in [0.4, 0.5) is 0 Å². The molecule has 1 heterocycles. The molecule has 0 saturated carbocycles. The van der Waals surface area contributed by atoms with Crippen molar-refractivity contribution in [3.63, 3.8) is 0 Å². The third kappa shape index (κ3) is 3.19. The number of ether oxygens (including phenoxy) is 2. The number of esters is 1. The van der Waals surface area contributed by atoms with E-state index in [9.17, 15) is 9.59 Å². The fraction of sp³-hybridized carbons (Fsp3) is 0.571. The fourth-order valence-corrected chi connectivity index (χ4v) is 2.16. The van der Waals surface area contributed by atoms with Crippen LogP contribution < -0.4 is 5.32 Å². The molecule has 0 atom stereocenters. The SMILES string of the molecule is CCOC(=O)c1c(C)c(C(=O)NCCOC)c(C)n1C. The van der Waals surface area contributed by atoms with Crippen molar-refractivity contribution >= 4 is 11.9 Å². The Balaban J connectivity index is 3.07. The largest absolute Gasteiger partial charge is 0.461 e. The van der Waals surface area contributed by atoms with Crippen LogP contribution in [0.3, 0.4) is 0 Å². The summed E-state index contributed by atoms with van der Waals surface area (Å²) >= 11 is 0. The predicted molar refractivity (Wildman–Crippen MR) is 75.1 cm³/mol. The standard InChI is InChI=1S/C14H22N2O4/c1-6-20-14(18)12-9(2)11(10(3)16(12)4)13(17)15-7-8-19-5/h6-8H2,1-5H3,(H,15,17). The first kappa shape index (κ1) is 16.2. The zero-order chi connectivity index (χ0) is 15.3. The minimum absolute atomic E-state index is 0.205. The van der Waals surface area contributed by atoms with Gasteiger partial charge in [-0.2, -0.15) is 0 Å². The monoisotopic (exact) mass is 282 g/mol. The van der Waals surface area contributed by atoms with E-state index in [-0.39, 0.29) is 5.91 Å². The minimum atomic E-state index is -0.411. The summed E-state index contributed by atoms with van der Waals surface area (Å²) in [5.41, 5.74) is 2.31. The molecular formula is C14H22N2O4. The molecule has 0 unspecified atom stereocenters. The number of rotatable bonds is 6. The van der Waals surface area contributed by atoms with Gasteiger partial charge in [0.05, 0.1) is 18.8 Å². The fourth-order valence-electron chi connectivity index (χ4n) is 2.16. The van der Waals surface area contributed by atoms with Gasteiger partial charge in [0.15, 0.2) is 0 Å². The summed E-state index contributed by atoms with van der Waals surface area (Å²) in [4.78, 5) is 24.1. The van der Waals surface area contributed by atoms with Gasteiger partial charge in [-0.15, -0.1) is 0 Å². The molecule has 1 rings (SSSR count). The Labute approximate surface area is 119 Å². The van der Waals surface area contributed by atoms with Crippen LogP contribution in [-0.4, -0.2) is 43.3 Å². The second kappa shape index (κ2) is 7.09. The molecule has 1 amide bonds. The van der Waals surface area contributed by atoms with E-state index in [1.54, 1.807) is 39.5 Å². The van der Waals surface area contributed by atoms with Crippen molar-refractivity contribution in [2.75, 3.05) is 26.9 Å². The van der Waals surface area contributed by atoms with E-state index in [0.717, 1.165) is 5.69 Å². The summed E-state index contributed by atoms with van der Waals surface area (Å²) in [6.07, 6.45) is 0. The molecule has 20 heavy (non-hydrogen) atoms. The molecule has 112 valence electrons. The van der Waals surface area contributed by atoms with Gasteiger partial charge in [0.2, 0.25) is 0 Å². The number of methoxy groups -OCH3 is 1. The number of carbonyl (C=O) groups is 2. The van der Waals surface area contributed by atoms with Crippen LogP contribution in [0.5, 0.6) is 0 Å². The van der Waals surface area contributed by atoms with Crippen LogP contribution in [0.25, 0.3) is 0 Å². The molecule has 0 aliphatic rings. The first-order valence-electron chi connectivity index (χ1n) is 6.55. The van der Waals surface area contributed by atoms with Crippen LogP contribution in [-0.2, 0) is 16.5 Å². The molecular weight excluding hydrogens is 260 g/mol. The zero-order valence-electron chi connectivity index (χ0n) is 12.7. The predicted octanol–water partition coefficient (Wildman–Crippen LogP) is 1.19. The van der Waals surface area contributed by atoms with Crippen LogP contribution >= 0.6 is 0 Å². The van der Waals surface area contributed by atoms with E-state index in [1.165, 1.54) is 0 Å². The number of aromatic nitrogens is 1. The van der Waals surface area contributed by atoms with Gasteiger partial charge >= 0.3 is 5.97 Å². The maximum absolute atomic E-state index is 12.2. The Morgan fingerprint density at radius 1 is 1.30 bits per heavy atom. The highest BCUT2D eigenvalue weighted by molar-refractivity contribution is 6.01.